The van der Waals surface area contributed by atoms with Crippen LogP contribution in [-0.2, 0) is 9.59 Å². The molecular weight excluding hydrogens is 282 g/mol. The Labute approximate surface area is 128 Å². The minimum absolute atomic E-state index is 0.0382. The molecule has 0 radical (unpaired) electrons. The molecule has 0 unspecified atom stereocenters. The molecule has 7 heteroatoms. The van der Waals surface area contributed by atoms with Gasteiger partial charge in [0, 0.05) is 31.0 Å². The molecule has 2 aromatic rings. The van der Waals surface area contributed by atoms with Crippen LogP contribution in [0.5, 0.6) is 0 Å². The lowest BCUT2D eigenvalue weighted by molar-refractivity contribution is -0.124. The van der Waals surface area contributed by atoms with Crippen LogP contribution in [-0.4, -0.2) is 41.7 Å². The van der Waals surface area contributed by atoms with Gasteiger partial charge < -0.3 is 16.0 Å². The van der Waals surface area contributed by atoms with Gasteiger partial charge in [-0.2, -0.15) is 5.10 Å². The Hall–Kier alpha value is -2.67. The van der Waals surface area contributed by atoms with Crippen LogP contribution in [0.3, 0.4) is 0 Å². The van der Waals surface area contributed by atoms with Crippen molar-refractivity contribution in [2.75, 3.05) is 25.5 Å². The first-order valence-corrected chi connectivity index (χ1v) is 7.00. The third-order valence-corrected chi connectivity index (χ3v) is 2.97. The second-order valence-electron chi connectivity index (χ2n) is 4.68. The summed E-state index contributed by atoms with van der Waals surface area (Å²) < 4.78 is 1.73. The molecule has 0 fully saturated rings. The molecule has 22 heavy (non-hydrogen) atoms. The van der Waals surface area contributed by atoms with Gasteiger partial charge in [0.15, 0.2) is 0 Å². The quantitative estimate of drug-likeness (QED) is 0.696. The highest BCUT2D eigenvalue weighted by atomic mass is 16.2. The minimum Gasteiger partial charge on any atom is -0.347 e. The van der Waals surface area contributed by atoms with E-state index in [2.05, 4.69) is 21.0 Å². The van der Waals surface area contributed by atoms with Crippen LogP contribution >= 0.6 is 0 Å². The molecule has 2 rings (SSSR count). The summed E-state index contributed by atoms with van der Waals surface area (Å²) in [5.41, 5.74) is 1.58. The maximum absolute atomic E-state index is 11.7. The predicted molar refractivity (Wildman–Crippen MR) is 83.7 cm³/mol. The molecule has 0 spiro atoms. The SMILES string of the molecule is CNCCC(=O)NCC(=O)Nc1ccc(-n2cccn2)cc1. The molecule has 0 saturated carbocycles. The molecule has 0 bridgehead atoms. The Morgan fingerprint density at radius 1 is 1.18 bits per heavy atom. The Bertz CT molecular complexity index is 607. The highest BCUT2D eigenvalue weighted by Crippen LogP contribution is 2.12. The largest absolute Gasteiger partial charge is 0.347 e. The number of amides is 2. The second-order valence-corrected chi connectivity index (χ2v) is 4.68. The number of rotatable bonds is 7. The molecule has 116 valence electrons. The van der Waals surface area contributed by atoms with Gasteiger partial charge in [0.2, 0.25) is 11.8 Å². The summed E-state index contributed by atoms with van der Waals surface area (Å²) in [5, 5.41) is 12.3. The molecule has 1 aromatic heterocycles. The van der Waals surface area contributed by atoms with Gasteiger partial charge in [0.25, 0.3) is 0 Å². The lowest BCUT2D eigenvalue weighted by Crippen LogP contribution is -2.34. The van der Waals surface area contributed by atoms with Crippen LogP contribution in [0.25, 0.3) is 5.69 Å². The number of carbonyl (C=O) groups excluding carboxylic acids is 2. The van der Waals surface area contributed by atoms with Crippen molar-refractivity contribution in [2.24, 2.45) is 0 Å². The smallest absolute Gasteiger partial charge is 0.243 e. The summed E-state index contributed by atoms with van der Waals surface area (Å²) in [6.07, 6.45) is 3.89. The van der Waals surface area contributed by atoms with E-state index in [4.69, 9.17) is 0 Å². The van der Waals surface area contributed by atoms with Gasteiger partial charge in [-0.25, -0.2) is 4.68 Å². The first kappa shape index (κ1) is 15.7. The van der Waals surface area contributed by atoms with Gasteiger partial charge in [-0.15, -0.1) is 0 Å². The maximum Gasteiger partial charge on any atom is 0.243 e. The minimum atomic E-state index is -0.260. The number of benzene rings is 1. The molecule has 3 N–H and O–H groups in total. The van der Waals surface area contributed by atoms with Crippen molar-refractivity contribution in [1.82, 2.24) is 20.4 Å². The van der Waals surface area contributed by atoms with Gasteiger partial charge in [0.05, 0.1) is 12.2 Å². The highest BCUT2D eigenvalue weighted by Gasteiger charge is 2.06. The fourth-order valence-electron chi connectivity index (χ4n) is 1.83. The molecule has 0 aliphatic carbocycles. The molecule has 2 amide bonds. The molecule has 1 aromatic carbocycles. The normalized spacial score (nSPS) is 10.2. The van der Waals surface area contributed by atoms with Gasteiger partial charge >= 0.3 is 0 Å². The predicted octanol–water partition coefficient (Wildman–Crippen LogP) is 0.537. The van der Waals surface area contributed by atoms with Gasteiger partial charge in [0.1, 0.15) is 0 Å². The number of hydrogen-bond acceptors (Lipinski definition) is 4. The van der Waals surface area contributed by atoms with E-state index in [1.165, 1.54) is 0 Å². The Kier molecular flexibility index (Phi) is 5.67. The average molecular weight is 301 g/mol. The zero-order chi connectivity index (χ0) is 15.8. The van der Waals surface area contributed by atoms with Crippen LogP contribution in [0.2, 0.25) is 0 Å². The molecule has 0 aliphatic heterocycles. The summed E-state index contributed by atoms with van der Waals surface area (Å²) >= 11 is 0. The van der Waals surface area contributed by atoms with Gasteiger partial charge in [-0.3, -0.25) is 9.59 Å². The van der Waals surface area contributed by atoms with Crippen molar-refractivity contribution in [2.45, 2.75) is 6.42 Å². The van der Waals surface area contributed by atoms with Gasteiger partial charge in [-0.1, -0.05) is 0 Å². The van der Waals surface area contributed by atoms with E-state index in [0.29, 0.717) is 18.7 Å². The molecule has 0 aliphatic rings. The van der Waals surface area contributed by atoms with Crippen LogP contribution in [0.4, 0.5) is 5.69 Å². The monoisotopic (exact) mass is 301 g/mol. The van der Waals surface area contributed by atoms with Crippen LogP contribution in [0.1, 0.15) is 6.42 Å². The van der Waals surface area contributed by atoms with Crippen molar-refractivity contribution in [1.29, 1.82) is 0 Å². The molecule has 7 nitrogen and oxygen atoms in total. The topological polar surface area (TPSA) is 88.0 Å². The lowest BCUT2D eigenvalue weighted by Gasteiger charge is -2.08. The summed E-state index contributed by atoms with van der Waals surface area (Å²) in [5.74, 6) is -0.414. The second kappa shape index (κ2) is 7.94. The van der Waals surface area contributed by atoms with E-state index in [1.54, 1.807) is 30.1 Å². The summed E-state index contributed by atoms with van der Waals surface area (Å²) in [6, 6.07) is 9.13. The van der Waals surface area contributed by atoms with Crippen LogP contribution < -0.4 is 16.0 Å². The Morgan fingerprint density at radius 2 is 1.95 bits per heavy atom. The van der Waals surface area contributed by atoms with Crippen LogP contribution in [0, 0.1) is 0 Å². The number of nitrogens with one attached hydrogen (secondary N) is 3. The third kappa shape index (κ3) is 4.71. The van der Waals surface area contributed by atoms with Crippen molar-refractivity contribution in [3.63, 3.8) is 0 Å². The fraction of sp³-hybridized carbons (Fsp3) is 0.267. The van der Waals surface area contributed by atoms with E-state index in [-0.39, 0.29) is 18.4 Å². The summed E-state index contributed by atoms with van der Waals surface area (Å²) in [6.45, 7) is 0.547. The Balaban J connectivity index is 1.80. The van der Waals surface area contributed by atoms with Crippen molar-refractivity contribution < 1.29 is 9.59 Å². The molecule has 1 heterocycles. The van der Waals surface area contributed by atoms with E-state index in [0.717, 1.165) is 5.69 Å². The standard InChI is InChI=1S/C15H19N5O2/c1-16-9-7-14(21)17-11-15(22)19-12-3-5-13(6-4-12)20-10-2-8-18-20/h2-6,8,10,16H,7,9,11H2,1H3,(H,17,21)(H,19,22). The van der Waals surface area contributed by atoms with Crippen LogP contribution in [0.15, 0.2) is 42.7 Å². The summed E-state index contributed by atoms with van der Waals surface area (Å²) in [7, 11) is 1.77. The summed E-state index contributed by atoms with van der Waals surface area (Å²) in [4.78, 5) is 23.1. The lowest BCUT2D eigenvalue weighted by atomic mass is 10.3. The number of carbonyl (C=O) groups is 2. The van der Waals surface area contributed by atoms with E-state index < -0.39 is 0 Å². The number of nitrogens with zero attached hydrogens (tertiary/aromatic N) is 2. The first-order valence-electron chi connectivity index (χ1n) is 7.00. The Morgan fingerprint density at radius 3 is 2.59 bits per heavy atom. The fourth-order valence-corrected chi connectivity index (χ4v) is 1.83. The number of anilines is 1. The van der Waals surface area contributed by atoms with Crippen molar-refractivity contribution in [3.8, 4) is 5.69 Å². The molecule has 0 saturated heterocycles. The third-order valence-electron chi connectivity index (χ3n) is 2.97. The molecular formula is C15H19N5O2. The average Bonchev–Trinajstić information content (AvgIpc) is 3.06. The number of hydrogen-bond donors (Lipinski definition) is 3. The van der Waals surface area contributed by atoms with Gasteiger partial charge in [-0.05, 0) is 37.4 Å². The van der Waals surface area contributed by atoms with E-state index in [9.17, 15) is 9.59 Å². The first-order chi connectivity index (χ1) is 10.7. The molecule has 0 atom stereocenters. The van der Waals surface area contributed by atoms with Crippen molar-refractivity contribution in [3.05, 3.63) is 42.7 Å². The zero-order valence-corrected chi connectivity index (χ0v) is 12.4. The van der Waals surface area contributed by atoms with E-state index >= 15 is 0 Å². The zero-order valence-electron chi connectivity index (χ0n) is 12.4. The maximum atomic E-state index is 11.7. The van der Waals surface area contributed by atoms with Crippen molar-refractivity contribution >= 4 is 17.5 Å². The van der Waals surface area contributed by atoms with E-state index in [1.807, 2.05) is 24.4 Å². The highest BCUT2D eigenvalue weighted by molar-refractivity contribution is 5.94. The number of aromatic nitrogens is 2.